The number of aliphatic imine (C=N–C) groups is 1. The van der Waals surface area contributed by atoms with E-state index in [9.17, 15) is 4.79 Å². The van der Waals surface area contributed by atoms with Crippen molar-refractivity contribution in [3.8, 4) is 0 Å². The number of benzene rings is 2. The van der Waals surface area contributed by atoms with E-state index in [1.54, 1.807) is 6.92 Å². The van der Waals surface area contributed by atoms with Crippen molar-refractivity contribution in [3.05, 3.63) is 89.5 Å². The minimum absolute atomic E-state index is 0.156. The summed E-state index contributed by atoms with van der Waals surface area (Å²) in [4.78, 5) is 19.1. The highest BCUT2D eigenvalue weighted by Gasteiger charge is 2.31. The maximum atomic E-state index is 12.2. The summed E-state index contributed by atoms with van der Waals surface area (Å²) < 4.78 is 5.08. The maximum absolute atomic E-state index is 12.2. The van der Waals surface area contributed by atoms with Gasteiger partial charge < -0.3 is 15.8 Å². The summed E-state index contributed by atoms with van der Waals surface area (Å²) in [6.45, 7) is 2.04. The molecule has 0 bridgehead atoms. The van der Waals surface area contributed by atoms with Crippen LogP contribution in [-0.2, 0) is 9.53 Å². The average molecular weight is 377 g/mol. The Morgan fingerprint density at radius 1 is 1.11 bits per heavy atom. The Labute approximate surface area is 160 Å². The van der Waals surface area contributed by atoms with Crippen LogP contribution in [0.1, 0.15) is 12.5 Å². The number of esters is 1. The average Bonchev–Trinajstić information content (AvgIpc) is 3.07. The molecule has 2 aliphatic heterocycles. The van der Waals surface area contributed by atoms with Crippen molar-refractivity contribution in [2.24, 2.45) is 10.7 Å². The first kappa shape index (κ1) is 17.3. The van der Waals surface area contributed by atoms with Crippen molar-refractivity contribution in [1.82, 2.24) is 5.32 Å². The first-order valence-corrected chi connectivity index (χ1v) is 9.88. The van der Waals surface area contributed by atoms with Crippen molar-refractivity contribution < 1.29 is 9.53 Å². The van der Waals surface area contributed by atoms with Gasteiger partial charge in [-0.05, 0) is 30.7 Å². The SMILES string of the molecule is CCOC(=O)C1=C(N)N=C2C(=CC(c3ccccc3)=S2c2ccccc2)N1. The predicted molar refractivity (Wildman–Crippen MR) is 109 cm³/mol. The molecule has 0 aromatic heterocycles. The van der Waals surface area contributed by atoms with Gasteiger partial charge >= 0.3 is 5.97 Å². The molecule has 0 radical (unpaired) electrons. The molecule has 0 amide bonds. The van der Waals surface area contributed by atoms with E-state index in [0.717, 1.165) is 26.1 Å². The van der Waals surface area contributed by atoms with Crippen LogP contribution in [0.5, 0.6) is 0 Å². The molecular weight excluding hydrogens is 358 g/mol. The normalized spacial score (nSPS) is 18.4. The minimum Gasteiger partial charge on any atom is -0.461 e. The number of hydrogen-bond donors (Lipinski definition) is 2. The van der Waals surface area contributed by atoms with E-state index < -0.39 is 16.5 Å². The molecule has 4 rings (SSSR count). The number of fused-ring (bicyclic) bond motifs is 1. The third-order valence-electron chi connectivity index (χ3n) is 4.17. The molecule has 2 aliphatic rings. The first-order valence-electron chi connectivity index (χ1n) is 8.65. The third kappa shape index (κ3) is 3.19. The molecule has 5 nitrogen and oxygen atoms in total. The molecule has 6 heteroatoms. The van der Waals surface area contributed by atoms with Crippen LogP contribution in [0.25, 0.3) is 0 Å². The summed E-state index contributed by atoms with van der Waals surface area (Å²) in [5, 5.41) is 3.98. The van der Waals surface area contributed by atoms with Gasteiger partial charge in [0.15, 0.2) is 11.5 Å². The number of nitrogens with two attached hydrogens (primary N) is 1. The van der Waals surface area contributed by atoms with Crippen molar-refractivity contribution in [2.45, 2.75) is 11.8 Å². The Hall–Kier alpha value is -3.12. The molecular formula is C21H19N3O2S. The number of rotatable bonds is 4. The monoisotopic (exact) mass is 377 g/mol. The molecule has 2 aromatic rings. The summed E-state index contributed by atoms with van der Waals surface area (Å²) in [6, 6.07) is 20.4. The van der Waals surface area contributed by atoms with Gasteiger partial charge in [0.2, 0.25) is 0 Å². The molecule has 0 fully saturated rings. The number of carbonyl (C=O) groups is 1. The van der Waals surface area contributed by atoms with Gasteiger partial charge in [-0.1, -0.05) is 59.0 Å². The smallest absolute Gasteiger partial charge is 0.358 e. The van der Waals surface area contributed by atoms with E-state index in [1.165, 1.54) is 0 Å². The number of ether oxygens (including phenoxy) is 1. The molecule has 0 aliphatic carbocycles. The number of nitrogens with zero attached hydrogens (tertiary/aromatic N) is 1. The Morgan fingerprint density at radius 3 is 2.44 bits per heavy atom. The Bertz CT molecular complexity index is 1020. The van der Waals surface area contributed by atoms with Crippen molar-refractivity contribution >= 4 is 26.4 Å². The van der Waals surface area contributed by atoms with E-state index in [4.69, 9.17) is 10.5 Å². The summed E-state index contributed by atoms with van der Waals surface area (Å²) in [6.07, 6.45) is 2.05. The van der Waals surface area contributed by atoms with E-state index >= 15 is 0 Å². The van der Waals surface area contributed by atoms with Crippen LogP contribution in [0.4, 0.5) is 0 Å². The zero-order valence-electron chi connectivity index (χ0n) is 14.8. The van der Waals surface area contributed by atoms with E-state index in [2.05, 4.69) is 40.7 Å². The third-order valence-corrected chi connectivity index (χ3v) is 6.41. The second-order valence-corrected chi connectivity index (χ2v) is 7.84. The largest absolute Gasteiger partial charge is 0.461 e. The van der Waals surface area contributed by atoms with Gasteiger partial charge in [-0.15, -0.1) is 0 Å². The zero-order chi connectivity index (χ0) is 18.8. The van der Waals surface area contributed by atoms with E-state index in [1.807, 2.05) is 36.4 Å². The van der Waals surface area contributed by atoms with E-state index in [0.29, 0.717) is 0 Å². The van der Waals surface area contributed by atoms with Gasteiger partial charge in [-0.2, -0.15) is 0 Å². The van der Waals surface area contributed by atoms with Crippen LogP contribution in [0.3, 0.4) is 0 Å². The summed E-state index contributed by atoms with van der Waals surface area (Å²) >= 11 is 0. The minimum atomic E-state index is -0.494. The van der Waals surface area contributed by atoms with Crippen LogP contribution in [-0.4, -0.2) is 22.5 Å². The van der Waals surface area contributed by atoms with Crippen LogP contribution in [0, 0.1) is 0 Å². The fourth-order valence-corrected chi connectivity index (χ4v) is 5.22. The van der Waals surface area contributed by atoms with Crippen LogP contribution in [0.15, 0.2) is 93.8 Å². The second-order valence-electron chi connectivity index (χ2n) is 5.93. The van der Waals surface area contributed by atoms with Gasteiger partial charge in [-0.3, -0.25) is 0 Å². The van der Waals surface area contributed by atoms with Gasteiger partial charge in [-0.25, -0.2) is 9.79 Å². The topological polar surface area (TPSA) is 76.7 Å². The summed E-state index contributed by atoms with van der Waals surface area (Å²) in [7, 11) is -0.403. The molecule has 2 aromatic carbocycles. The van der Waals surface area contributed by atoms with Gasteiger partial charge in [0.05, 0.1) is 12.3 Å². The number of allylic oxidation sites excluding steroid dienone is 1. The molecule has 0 saturated heterocycles. The molecule has 0 spiro atoms. The first-order chi connectivity index (χ1) is 13.2. The Morgan fingerprint density at radius 2 is 1.78 bits per heavy atom. The highest BCUT2D eigenvalue weighted by molar-refractivity contribution is 8.30. The summed E-state index contributed by atoms with van der Waals surface area (Å²) in [5.41, 5.74) is 8.19. The quantitative estimate of drug-likeness (QED) is 0.634. The molecule has 0 saturated carbocycles. The fraction of sp³-hybridized carbons (Fsp3) is 0.0952. The lowest BCUT2D eigenvalue weighted by atomic mass is 10.1. The van der Waals surface area contributed by atoms with Gasteiger partial charge in [0.1, 0.15) is 5.04 Å². The van der Waals surface area contributed by atoms with Crippen LogP contribution < -0.4 is 11.1 Å². The van der Waals surface area contributed by atoms with Crippen molar-refractivity contribution in [2.75, 3.05) is 6.61 Å². The molecule has 2 heterocycles. The Kier molecular flexibility index (Phi) is 4.64. The molecule has 1 unspecified atom stereocenters. The molecule has 3 N–H and O–H groups in total. The predicted octanol–water partition coefficient (Wildman–Crippen LogP) is 3.13. The number of hydrogen-bond acceptors (Lipinski definition) is 5. The van der Waals surface area contributed by atoms with Crippen LogP contribution >= 0.6 is 10.5 Å². The molecule has 136 valence electrons. The van der Waals surface area contributed by atoms with Gasteiger partial charge in [0, 0.05) is 9.76 Å². The standard InChI is InChI=1S/C21H19N3O2S/c1-2-26-21(25)18-19(22)24-20-16(23-18)13-17(14-9-5-3-6-10-14)27(20)15-11-7-4-8-12-15/h3-13,23H,2,22H2,1H3. The fourth-order valence-electron chi connectivity index (χ4n) is 2.98. The van der Waals surface area contributed by atoms with E-state index in [-0.39, 0.29) is 18.1 Å². The molecule has 1 atom stereocenters. The number of nitrogens with one attached hydrogen (secondary N) is 1. The maximum Gasteiger partial charge on any atom is 0.358 e. The lowest BCUT2D eigenvalue weighted by Gasteiger charge is -2.20. The Balaban J connectivity index is 1.86. The second kappa shape index (κ2) is 7.25. The lowest BCUT2D eigenvalue weighted by Crippen LogP contribution is -2.31. The van der Waals surface area contributed by atoms with Crippen molar-refractivity contribution in [3.63, 3.8) is 0 Å². The number of carbonyl (C=O) groups excluding carboxylic acids is 1. The summed E-state index contributed by atoms with van der Waals surface area (Å²) in [5.74, 6) is -0.338. The highest BCUT2D eigenvalue weighted by Crippen LogP contribution is 2.40. The zero-order valence-corrected chi connectivity index (χ0v) is 15.6. The van der Waals surface area contributed by atoms with Gasteiger partial charge in [0.25, 0.3) is 0 Å². The van der Waals surface area contributed by atoms with Crippen LogP contribution in [0.2, 0.25) is 0 Å². The van der Waals surface area contributed by atoms with Crippen molar-refractivity contribution in [1.29, 1.82) is 0 Å². The highest BCUT2D eigenvalue weighted by atomic mass is 32.2. The lowest BCUT2D eigenvalue weighted by molar-refractivity contribution is -0.138. The molecule has 27 heavy (non-hydrogen) atoms.